The Labute approximate surface area is 187 Å². The summed E-state index contributed by atoms with van der Waals surface area (Å²) in [4.78, 5) is 0. The highest BCUT2D eigenvalue weighted by molar-refractivity contribution is 5.34. The average Bonchev–Trinajstić information content (AvgIpc) is 2.78. The first-order valence-electron chi connectivity index (χ1n) is 11.6. The fourth-order valence-electron chi connectivity index (χ4n) is 4.50. The molecule has 0 aliphatic heterocycles. The summed E-state index contributed by atoms with van der Waals surface area (Å²) in [6.45, 7) is 3.90. The first-order valence-corrected chi connectivity index (χ1v) is 11.6. The lowest BCUT2D eigenvalue weighted by Gasteiger charge is -2.29. The summed E-state index contributed by atoms with van der Waals surface area (Å²) in [7, 11) is 0. The summed E-state index contributed by atoms with van der Waals surface area (Å²) >= 11 is 0. The molecule has 0 unspecified atom stereocenters. The van der Waals surface area contributed by atoms with Crippen LogP contribution in [0.5, 0.6) is 11.5 Å². The third kappa shape index (κ3) is 5.96. The summed E-state index contributed by atoms with van der Waals surface area (Å²) < 4.78 is 67.0. The van der Waals surface area contributed by atoms with E-state index in [4.69, 9.17) is 9.47 Å². The van der Waals surface area contributed by atoms with E-state index in [2.05, 4.69) is 6.92 Å². The first-order chi connectivity index (χ1) is 15.4. The van der Waals surface area contributed by atoms with Crippen LogP contribution in [-0.4, -0.2) is 6.61 Å². The lowest BCUT2D eigenvalue weighted by molar-refractivity contribution is -0.187. The largest absolute Gasteiger partial charge is 0.491 e. The smallest absolute Gasteiger partial charge is 0.429 e. The maximum absolute atomic E-state index is 14.6. The minimum Gasteiger partial charge on any atom is -0.491 e. The number of rotatable bonds is 10. The molecule has 0 spiro atoms. The van der Waals surface area contributed by atoms with Crippen LogP contribution in [0.15, 0.2) is 36.4 Å². The van der Waals surface area contributed by atoms with E-state index in [1.165, 1.54) is 50.7 Å². The molecule has 2 nitrogen and oxygen atoms in total. The first kappa shape index (κ1) is 24.4. The molecule has 3 rings (SSSR count). The summed E-state index contributed by atoms with van der Waals surface area (Å²) in [5.41, 5.74) is -0.0603. The standard InChI is InChI=1S/C26H32F4O2/c1-3-5-6-7-18-8-10-19(11-9-18)20-12-14-21(15-13-20)32-26(29,30)22-16-17-23(31-4-2)25(28)24(22)27/h12-19H,3-11H2,1-2H3. The Balaban J connectivity index is 1.61. The molecular formula is C26H32F4O2. The molecular weight excluding hydrogens is 420 g/mol. The Morgan fingerprint density at radius 1 is 0.875 bits per heavy atom. The zero-order chi connectivity index (χ0) is 23.1. The van der Waals surface area contributed by atoms with Crippen molar-refractivity contribution in [3.63, 3.8) is 0 Å². The fourth-order valence-corrected chi connectivity index (χ4v) is 4.50. The lowest BCUT2D eigenvalue weighted by Crippen LogP contribution is -2.24. The molecule has 0 amide bonds. The zero-order valence-electron chi connectivity index (χ0n) is 18.8. The second-order valence-electron chi connectivity index (χ2n) is 8.57. The molecule has 0 bridgehead atoms. The third-order valence-corrected chi connectivity index (χ3v) is 6.32. The molecule has 0 atom stereocenters. The molecule has 0 heterocycles. The van der Waals surface area contributed by atoms with Gasteiger partial charge in [0.1, 0.15) is 11.3 Å². The van der Waals surface area contributed by atoms with Crippen molar-refractivity contribution in [2.75, 3.05) is 6.61 Å². The molecule has 1 saturated carbocycles. The minimum atomic E-state index is -4.02. The molecule has 0 saturated heterocycles. The predicted molar refractivity (Wildman–Crippen MR) is 117 cm³/mol. The molecule has 176 valence electrons. The van der Waals surface area contributed by atoms with Gasteiger partial charge in [-0.15, -0.1) is 0 Å². The molecule has 2 aromatic carbocycles. The number of ether oxygens (including phenoxy) is 2. The van der Waals surface area contributed by atoms with Gasteiger partial charge in [0.25, 0.3) is 0 Å². The number of unbranched alkanes of at least 4 members (excludes halogenated alkanes) is 2. The highest BCUT2D eigenvalue weighted by Crippen LogP contribution is 2.40. The van der Waals surface area contributed by atoms with Crippen molar-refractivity contribution in [3.05, 3.63) is 59.2 Å². The molecule has 2 aromatic rings. The molecule has 0 aromatic heterocycles. The lowest BCUT2D eigenvalue weighted by atomic mass is 9.77. The van der Waals surface area contributed by atoms with Gasteiger partial charge < -0.3 is 9.47 Å². The van der Waals surface area contributed by atoms with E-state index in [0.29, 0.717) is 5.92 Å². The van der Waals surface area contributed by atoms with Gasteiger partial charge in [-0.25, -0.2) is 4.39 Å². The van der Waals surface area contributed by atoms with Gasteiger partial charge in [0, 0.05) is 0 Å². The molecule has 1 aliphatic carbocycles. The normalized spacial score (nSPS) is 19.1. The second kappa shape index (κ2) is 11.1. The van der Waals surface area contributed by atoms with Crippen molar-refractivity contribution in [2.45, 2.75) is 77.2 Å². The van der Waals surface area contributed by atoms with Crippen LogP contribution in [0, 0.1) is 17.6 Å². The fraction of sp³-hybridized carbons (Fsp3) is 0.538. The van der Waals surface area contributed by atoms with Crippen LogP contribution in [0.2, 0.25) is 0 Å². The minimum absolute atomic E-state index is 0.0927. The van der Waals surface area contributed by atoms with Crippen LogP contribution in [-0.2, 0) is 6.11 Å². The summed E-state index contributed by atoms with van der Waals surface area (Å²) in [6, 6.07) is 8.30. The van der Waals surface area contributed by atoms with Crippen LogP contribution >= 0.6 is 0 Å². The maximum atomic E-state index is 14.6. The van der Waals surface area contributed by atoms with Crippen LogP contribution < -0.4 is 9.47 Å². The summed E-state index contributed by atoms with van der Waals surface area (Å²) in [5, 5.41) is 0. The number of halogens is 4. The quantitative estimate of drug-likeness (QED) is 0.266. The Hall–Kier alpha value is -2.24. The Bertz CT molecular complexity index is 859. The van der Waals surface area contributed by atoms with Crippen molar-refractivity contribution in [3.8, 4) is 11.5 Å². The van der Waals surface area contributed by atoms with E-state index in [9.17, 15) is 17.6 Å². The van der Waals surface area contributed by atoms with E-state index in [1.807, 2.05) is 0 Å². The maximum Gasteiger partial charge on any atom is 0.429 e. The van der Waals surface area contributed by atoms with Gasteiger partial charge in [0.05, 0.1) is 6.61 Å². The Morgan fingerprint density at radius 3 is 2.19 bits per heavy atom. The van der Waals surface area contributed by atoms with Gasteiger partial charge in [-0.2, -0.15) is 13.2 Å². The van der Waals surface area contributed by atoms with Gasteiger partial charge in [-0.05, 0) is 74.3 Å². The van der Waals surface area contributed by atoms with Crippen molar-refractivity contribution in [1.82, 2.24) is 0 Å². The predicted octanol–water partition coefficient (Wildman–Crippen LogP) is 8.35. The van der Waals surface area contributed by atoms with Gasteiger partial charge in [0.15, 0.2) is 11.6 Å². The molecule has 1 fully saturated rings. The van der Waals surface area contributed by atoms with Crippen molar-refractivity contribution < 1.29 is 27.0 Å². The van der Waals surface area contributed by atoms with Crippen LogP contribution in [0.4, 0.5) is 17.6 Å². The van der Waals surface area contributed by atoms with Crippen LogP contribution in [0.3, 0.4) is 0 Å². The van der Waals surface area contributed by atoms with E-state index in [1.54, 1.807) is 19.1 Å². The summed E-state index contributed by atoms with van der Waals surface area (Å²) in [5.74, 6) is -2.41. The number of alkyl halides is 2. The summed E-state index contributed by atoms with van der Waals surface area (Å²) in [6.07, 6.45) is 5.71. The van der Waals surface area contributed by atoms with E-state index >= 15 is 0 Å². The van der Waals surface area contributed by atoms with E-state index < -0.39 is 29.1 Å². The SMILES string of the molecule is CCCCCC1CCC(c2ccc(OC(F)(F)c3ccc(OCC)c(F)c3F)cc2)CC1. The Kier molecular flexibility index (Phi) is 8.44. The van der Waals surface area contributed by atoms with Crippen molar-refractivity contribution in [1.29, 1.82) is 0 Å². The molecule has 0 radical (unpaired) electrons. The molecule has 0 N–H and O–H groups in total. The van der Waals surface area contributed by atoms with E-state index in [0.717, 1.165) is 36.5 Å². The van der Waals surface area contributed by atoms with Gasteiger partial charge in [0.2, 0.25) is 5.82 Å². The molecule has 6 heteroatoms. The monoisotopic (exact) mass is 452 g/mol. The van der Waals surface area contributed by atoms with Crippen molar-refractivity contribution in [2.24, 2.45) is 5.92 Å². The van der Waals surface area contributed by atoms with Crippen molar-refractivity contribution >= 4 is 0 Å². The zero-order valence-corrected chi connectivity index (χ0v) is 18.8. The highest BCUT2D eigenvalue weighted by Gasteiger charge is 2.39. The van der Waals surface area contributed by atoms with Gasteiger partial charge in [-0.3, -0.25) is 0 Å². The molecule has 1 aliphatic rings. The van der Waals surface area contributed by atoms with Gasteiger partial charge in [-0.1, -0.05) is 44.7 Å². The Morgan fingerprint density at radius 2 is 1.56 bits per heavy atom. The van der Waals surface area contributed by atoms with Gasteiger partial charge >= 0.3 is 6.11 Å². The average molecular weight is 453 g/mol. The number of hydrogen-bond acceptors (Lipinski definition) is 2. The van der Waals surface area contributed by atoms with Crippen LogP contribution in [0.25, 0.3) is 0 Å². The third-order valence-electron chi connectivity index (χ3n) is 6.32. The number of benzene rings is 2. The topological polar surface area (TPSA) is 18.5 Å². The van der Waals surface area contributed by atoms with E-state index in [-0.39, 0.29) is 12.4 Å². The second-order valence-corrected chi connectivity index (χ2v) is 8.57. The number of hydrogen-bond donors (Lipinski definition) is 0. The molecule has 32 heavy (non-hydrogen) atoms. The van der Waals surface area contributed by atoms with Crippen LogP contribution in [0.1, 0.15) is 82.3 Å². The highest BCUT2D eigenvalue weighted by atomic mass is 19.3.